The minimum absolute atomic E-state index is 0.0668. The van der Waals surface area contributed by atoms with Gasteiger partial charge in [0.25, 0.3) is 0 Å². The molecule has 2 N–H and O–H groups in total. The fraction of sp³-hybridized carbons (Fsp3) is 0.316. The van der Waals surface area contributed by atoms with E-state index in [1.807, 2.05) is 30.3 Å². The molecule has 0 saturated heterocycles. The van der Waals surface area contributed by atoms with E-state index in [1.165, 1.54) is 12.1 Å². The van der Waals surface area contributed by atoms with Crippen molar-refractivity contribution in [2.24, 2.45) is 5.73 Å². The summed E-state index contributed by atoms with van der Waals surface area (Å²) in [7, 11) is 0. The molecule has 25 heavy (non-hydrogen) atoms. The minimum atomic E-state index is -0.299. The first-order valence-corrected chi connectivity index (χ1v) is 9.16. The molecule has 6 heteroatoms. The average Bonchev–Trinajstić information content (AvgIpc) is 2.63. The Kier molecular flexibility index (Phi) is 8.04. The summed E-state index contributed by atoms with van der Waals surface area (Å²) >= 11 is 3.19. The molecule has 4 nitrogen and oxygen atoms in total. The predicted molar refractivity (Wildman–Crippen MR) is 99.7 cm³/mol. The molecule has 2 rings (SSSR count). The summed E-state index contributed by atoms with van der Waals surface area (Å²) in [6.07, 6.45) is 0. The lowest BCUT2D eigenvalue weighted by Crippen LogP contribution is -2.43. The van der Waals surface area contributed by atoms with Gasteiger partial charge in [-0.15, -0.1) is 0 Å². The molecule has 134 valence electrons. The van der Waals surface area contributed by atoms with Crippen molar-refractivity contribution >= 4 is 21.8 Å². The largest absolute Gasteiger partial charge is 0.375 e. The second kappa shape index (κ2) is 10.3. The molecule has 1 unspecified atom stereocenters. The highest BCUT2D eigenvalue weighted by Crippen LogP contribution is 2.09. The summed E-state index contributed by atoms with van der Waals surface area (Å²) in [5, 5.41) is 0.214. The van der Waals surface area contributed by atoms with Gasteiger partial charge in [-0.05, 0) is 23.3 Å². The zero-order valence-electron chi connectivity index (χ0n) is 13.9. The Labute approximate surface area is 155 Å². The van der Waals surface area contributed by atoms with Crippen molar-refractivity contribution in [3.63, 3.8) is 0 Å². The molecule has 2 aromatic rings. The highest BCUT2D eigenvalue weighted by atomic mass is 79.9. The molecule has 0 radical (unpaired) electrons. The quantitative estimate of drug-likeness (QED) is 0.648. The van der Waals surface area contributed by atoms with Crippen LogP contribution in [0, 0.1) is 5.82 Å². The average molecular weight is 409 g/mol. The van der Waals surface area contributed by atoms with Crippen molar-refractivity contribution in [1.29, 1.82) is 0 Å². The van der Waals surface area contributed by atoms with Gasteiger partial charge in [0.2, 0.25) is 5.91 Å². The van der Waals surface area contributed by atoms with E-state index in [0.29, 0.717) is 26.3 Å². The fourth-order valence-electron chi connectivity index (χ4n) is 2.39. The molecular formula is C19H22BrFN2O2. The zero-order chi connectivity index (χ0) is 18.1. The summed E-state index contributed by atoms with van der Waals surface area (Å²) in [6.45, 7) is 1.59. The van der Waals surface area contributed by atoms with Gasteiger partial charge in [0.1, 0.15) is 5.82 Å². The molecule has 0 bridgehead atoms. The van der Waals surface area contributed by atoms with Crippen molar-refractivity contribution < 1.29 is 13.9 Å². The number of hydrogen-bond donors (Lipinski definition) is 1. The van der Waals surface area contributed by atoms with Crippen LogP contribution in [-0.2, 0) is 22.7 Å². The Bertz CT molecular complexity index is 652. The van der Waals surface area contributed by atoms with Gasteiger partial charge < -0.3 is 15.4 Å². The first kappa shape index (κ1) is 19.6. The number of carbonyl (C=O) groups excluding carboxylic acids is 1. The smallest absolute Gasteiger partial charge is 0.233 e. The van der Waals surface area contributed by atoms with Crippen molar-refractivity contribution in [2.45, 2.75) is 19.2 Å². The summed E-state index contributed by atoms with van der Waals surface area (Å²) in [5.41, 5.74) is 8.05. The number of rotatable bonds is 9. The van der Waals surface area contributed by atoms with Crippen molar-refractivity contribution in [3.8, 4) is 0 Å². The summed E-state index contributed by atoms with van der Waals surface area (Å²) < 4.78 is 18.7. The Hall–Kier alpha value is -1.76. The van der Waals surface area contributed by atoms with Crippen molar-refractivity contribution in [2.75, 3.05) is 18.5 Å². The summed E-state index contributed by atoms with van der Waals surface area (Å²) in [6, 6.07) is 15.6. The van der Waals surface area contributed by atoms with Crippen LogP contribution >= 0.6 is 15.9 Å². The maximum Gasteiger partial charge on any atom is 0.233 e. The van der Waals surface area contributed by atoms with Crippen LogP contribution in [0.4, 0.5) is 4.39 Å². The predicted octanol–water partition coefficient (Wildman–Crippen LogP) is 3.09. The van der Waals surface area contributed by atoms with Gasteiger partial charge in [-0.3, -0.25) is 4.79 Å². The third-order valence-electron chi connectivity index (χ3n) is 3.65. The lowest BCUT2D eigenvalue weighted by atomic mass is 10.2. The van der Waals surface area contributed by atoms with Gasteiger partial charge in [-0.1, -0.05) is 58.4 Å². The van der Waals surface area contributed by atoms with Gasteiger partial charge in [0.15, 0.2) is 0 Å². The fourth-order valence-corrected chi connectivity index (χ4v) is 2.74. The molecule has 2 aromatic carbocycles. The topological polar surface area (TPSA) is 55.6 Å². The first-order chi connectivity index (χ1) is 12.1. The number of carbonyl (C=O) groups is 1. The number of benzene rings is 2. The van der Waals surface area contributed by atoms with Gasteiger partial charge in [-0.2, -0.15) is 0 Å². The molecule has 0 aliphatic rings. The zero-order valence-corrected chi connectivity index (χ0v) is 15.5. The molecule has 0 aliphatic carbocycles. The number of halogens is 2. The lowest BCUT2D eigenvalue weighted by molar-refractivity contribution is -0.129. The maximum atomic E-state index is 13.0. The van der Waals surface area contributed by atoms with Crippen LogP contribution in [0.15, 0.2) is 54.6 Å². The Balaban J connectivity index is 1.85. The normalized spacial score (nSPS) is 12.0. The Morgan fingerprint density at radius 2 is 1.80 bits per heavy atom. The monoisotopic (exact) mass is 408 g/mol. The van der Waals surface area contributed by atoms with Crippen LogP contribution in [0.2, 0.25) is 0 Å². The minimum Gasteiger partial charge on any atom is -0.375 e. The van der Waals surface area contributed by atoms with Crippen LogP contribution in [0.25, 0.3) is 0 Å². The van der Waals surface area contributed by atoms with Gasteiger partial charge >= 0.3 is 0 Å². The maximum absolute atomic E-state index is 13.0. The van der Waals surface area contributed by atoms with Crippen LogP contribution in [0.1, 0.15) is 11.1 Å². The van der Waals surface area contributed by atoms with Crippen LogP contribution in [-0.4, -0.2) is 35.3 Å². The molecule has 0 aromatic heterocycles. The molecule has 0 spiro atoms. The third-order valence-corrected chi connectivity index (χ3v) is 4.13. The van der Waals surface area contributed by atoms with E-state index in [2.05, 4.69) is 15.9 Å². The Morgan fingerprint density at radius 1 is 1.12 bits per heavy atom. The molecule has 0 saturated carbocycles. The van der Waals surface area contributed by atoms with E-state index in [0.717, 1.165) is 11.1 Å². The summed E-state index contributed by atoms with van der Waals surface area (Å²) in [5.74, 6) is -0.365. The first-order valence-electron chi connectivity index (χ1n) is 8.04. The molecule has 0 heterocycles. The number of alkyl halides is 1. The van der Waals surface area contributed by atoms with Gasteiger partial charge in [-0.25, -0.2) is 4.39 Å². The SMILES string of the molecule is NC(COCc1ccccc1)CN(Cc1ccc(F)cc1)C(=O)CBr. The number of nitrogens with two attached hydrogens (primary N) is 1. The molecule has 0 aliphatic heterocycles. The lowest BCUT2D eigenvalue weighted by Gasteiger charge is -2.25. The van der Waals surface area contributed by atoms with Gasteiger partial charge in [0, 0.05) is 19.1 Å². The second-order valence-electron chi connectivity index (χ2n) is 5.80. The van der Waals surface area contributed by atoms with Crippen molar-refractivity contribution in [1.82, 2.24) is 4.90 Å². The van der Waals surface area contributed by atoms with E-state index in [9.17, 15) is 9.18 Å². The number of amides is 1. The Morgan fingerprint density at radius 3 is 2.44 bits per heavy atom. The highest BCUT2D eigenvalue weighted by Gasteiger charge is 2.16. The highest BCUT2D eigenvalue weighted by molar-refractivity contribution is 9.09. The van der Waals surface area contributed by atoms with Crippen LogP contribution in [0.5, 0.6) is 0 Å². The van der Waals surface area contributed by atoms with Crippen LogP contribution in [0.3, 0.4) is 0 Å². The molecular weight excluding hydrogens is 387 g/mol. The van der Waals surface area contributed by atoms with Gasteiger partial charge in [0.05, 0.1) is 18.5 Å². The third kappa shape index (κ3) is 6.94. The number of ether oxygens (including phenoxy) is 1. The van der Waals surface area contributed by atoms with E-state index >= 15 is 0 Å². The molecule has 1 amide bonds. The standard InChI is InChI=1S/C19H22BrFN2O2/c20-10-19(24)23(11-15-6-8-17(21)9-7-15)12-18(22)14-25-13-16-4-2-1-3-5-16/h1-9,18H,10-14,22H2. The van der Waals surface area contributed by atoms with E-state index in [-0.39, 0.29) is 23.1 Å². The number of hydrogen-bond acceptors (Lipinski definition) is 3. The van der Waals surface area contributed by atoms with Crippen molar-refractivity contribution in [3.05, 3.63) is 71.5 Å². The summed E-state index contributed by atoms with van der Waals surface area (Å²) in [4.78, 5) is 13.8. The second-order valence-corrected chi connectivity index (χ2v) is 6.36. The van der Waals surface area contributed by atoms with E-state index in [1.54, 1.807) is 17.0 Å². The van der Waals surface area contributed by atoms with Crippen LogP contribution < -0.4 is 5.73 Å². The van der Waals surface area contributed by atoms with E-state index in [4.69, 9.17) is 10.5 Å². The molecule has 0 fully saturated rings. The number of nitrogens with zero attached hydrogens (tertiary/aromatic N) is 1. The van der Waals surface area contributed by atoms with E-state index < -0.39 is 0 Å². The molecule has 1 atom stereocenters.